The molecule has 5 heterocycles. The molecule has 11 heteroatoms. The normalized spacial score (nSPS) is 24.3. The third-order valence-corrected chi connectivity index (χ3v) is 9.19. The number of hydrogen-bond acceptors (Lipinski definition) is 8. The van der Waals surface area contributed by atoms with Crippen LogP contribution in [0.1, 0.15) is 25.7 Å². The molecule has 8 nitrogen and oxygen atoms in total. The number of aromatic nitrogens is 3. The molecule has 7 rings (SSSR count). The molecule has 2 aromatic carbocycles. The van der Waals surface area contributed by atoms with Gasteiger partial charge in [-0.05, 0) is 30.8 Å². The Balaban J connectivity index is 1.34. The highest BCUT2D eigenvalue weighted by atomic mass is 35.5. The molecule has 2 aromatic heterocycles. The number of nitrogens with one attached hydrogen (secondary N) is 1. The molecule has 0 unspecified atom stereocenters. The van der Waals surface area contributed by atoms with Crippen molar-refractivity contribution in [3.63, 3.8) is 0 Å². The fourth-order valence-corrected chi connectivity index (χ4v) is 7.20. The Kier molecular flexibility index (Phi) is 7.05. The van der Waals surface area contributed by atoms with E-state index in [-0.39, 0.29) is 29.9 Å². The van der Waals surface area contributed by atoms with Gasteiger partial charge in [-0.25, -0.2) is 8.78 Å². The lowest BCUT2D eigenvalue weighted by Gasteiger charge is -2.34. The standard InChI is InChI=1S/C31H30ClF2N7O/c32-24-7-2-5-19-4-1-6-22(25(19)24)27-26(34)28-23(15-37-27)29(40-13-11-36-21(17-40)8-10-35)39-30(38-28)42-18-31-9-3-12-41(31)16-20(33)14-31/h1-2,4-7,15,20-21,36H,3,8-9,11-14,16-18H2/t20-,21+,31+/m1/s1. The number of benzene rings is 2. The van der Waals surface area contributed by atoms with Gasteiger partial charge in [0.2, 0.25) is 0 Å². The second-order valence-corrected chi connectivity index (χ2v) is 11.9. The average molecular weight is 590 g/mol. The number of halogens is 3. The molecular formula is C31H30ClF2N7O. The Hall–Kier alpha value is -3.65. The van der Waals surface area contributed by atoms with Crippen LogP contribution in [0.15, 0.2) is 42.6 Å². The van der Waals surface area contributed by atoms with E-state index in [2.05, 4.69) is 26.3 Å². The summed E-state index contributed by atoms with van der Waals surface area (Å²) in [4.78, 5) is 18.1. The maximum absolute atomic E-state index is 16.6. The van der Waals surface area contributed by atoms with Crippen LogP contribution in [-0.2, 0) is 0 Å². The smallest absolute Gasteiger partial charge is 0.319 e. The molecule has 42 heavy (non-hydrogen) atoms. The van der Waals surface area contributed by atoms with Crippen LogP contribution in [0, 0.1) is 17.1 Å². The molecule has 0 aliphatic carbocycles. The van der Waals surface area contributed by atoms with Gasteiger partial charge in [-0.2, -0.15) is 15.2 Å². The van der Waals surface area contributed by atoms with Gasteiger partial charge in [0.15, 0.2) is 5.82 Å². The summed E-state index contributed by atoms with van der Waals surface area (Å²) in [7, 11) is 0. The summed E-state index contributed by atoms with van der Waals surface area (Å²) >= 11 is 6.57. The van der Waals surface area contributed by atoms with Crippen LogP contribution in [0.2, 0.25) is 5.02 Å². The van der Waals surface area contributed by atoms with Crippen LogP contribution in [0.5, 0.6) is 6.01 Å². The monoisotopic (exact) mass is 589 g/mol. The molecule has 3 atom stereocenters. The Bertz CT molecular complexity index is 1710. The highest BCUT2D eigenvalue weighted by Gasteiger charge is 2.49. The first-order chi connectivity index (χ1) is 20.5. The zero-order valence-corrected chi connectivity index (χ0v) is 23.7. The Morgan fingerprint density at radius 3 is 2.88 bits per heavy atom. The molecule has 0 saturated carbocycles. The molecule has 0 spiro atoms. The van der Waals surface area contributed by atoms with Gasteiger partial charge in [0, 0.05) is 60.8 Å². The number of anilines is 1. The lowest BCUT2D eigenvalue weighted by molar-refractivity contribution is 0.107. The van der Waals surface area contributed by atoms with Crippen molar-refractivity contribution in [2.45, 2.75) is 43.4 Å². The largest absolute Gasteiger partial charge is 0.461 e. The minimum Gasteiger partial charge on any atom is -0.461 e. The van der Waals surface area contributed by atoms with Crippen molar-refractivity contribution in [1.29, 1.82) is 5.26 Å². The lowest BCUT2D eigenvalue weighted by Crippen LogP contribution is -2.51. The molecule has 1 N–H and O–H groups in total. The molecule has 4 aromatic rings. The third-order valence-electron chi connectivity index (χ3n) is 8.88. The molecule has 3 aliphatic heterocycles. The van der Waals surface area contributed by atoms with Crippen molar-refractivity contribution in [2.24, 2.45) is 0 Å². The quantitative estimate of drug-likeness (QED) is 0.325. The van der Waals surface area contributed by atoms with Gasteiger partial charge >= 0.3 is 6.01 Å². The molecular weight excluding hydrogens is 560 g/mol. The minimum absolute atomic E-state index is 0.0448. The van der Waals surface area contributed by atoms with E-state index >= 15 is 4.39 Å². The molecule has 3 aliphatic rings. The summed E-state index contributed by atoms with van der Waals surface area (Å²) in [6, 6.07) is 13.3. The van der Waals surface area contributed by atoms with E-state index in [1.54, 1.807) is 18.3 Å². The topological polar surface area (TPSA) is 90.2 Å². The molecule has 216 valence electrons. The summed E-state index contributed by atoms with van der Waals surface area (Å²) in [6.45, 7) is 3.25. The van der Waals surface area contributed by atoms with E-state index < -0.39 is 17.5 Å². The van der Waals surface area contributed by atoms with Crippen molar-refractivity contribution in [3.8, 4) is 23.3 Å². The van der Waals surface area contributed by atoms with Crippen LogP contribution < -0.4 is 15.0 Å². The summed E-state index contributed by atoms with van der Waals surface area (Å²) in [5.41, 5.74) is 0.398. The van der Waals surface area contributed by atoms with E-state index in [9.17, 15) is 9.65 Å². The zero-order chi connectivity index (χ0) is 28.8. The maximum atomic E-state index is 16.6. The molecule has 0 radical (unpaired) electrons. The number of fused-ring (bicyclic) bond motifs is 3. The van der Waals surface area contributed by atoms with Crippen molar-refractivity contribution in [1.82, 2.24) is 25.2 Å². The number of ether oxygens (including phenoxy) is 1. The molecule has 0 amide bonds. The van der Waals surface area contributed by atoms with Crippen LogP contribution in [-0.4, -0.2) is 76.9 Å². The van der Waals surface area contributed by atoms with E-state index in [1.165, 1.54) is 0 Å². The number of nitriles is 1. The number of nitrogens with zero attached hydrogens (tertiary/aromatic N) is 6. The second kappa shape index (κ2) is 10.9. The number of piperazine rings is 1. The van der Waals surface area contributed by atoms with Gasteiger partial charge < -0.3 is 15.0 Å². The summed E-state index contributed by atoms with van der Waals surface area (Å²) in [6.07, 6.45) is 3.28. The summed E-state index contributed by atoms with van der Waals surface area (Å²) < 4.78 is 37.2. The fraction of sp³-hybridized carbons (Fsp3) is 0.419. The molecule has 3 saturated heterocycles. The van der Waals surface area contributed by atoms with E-state index in [1.807, 2.05) is 29.2 Å². The Morgan fingerprint density at radius 1 is 1.17 bits per heavy atom. The highest BCUT2D eigenvalue weighted by molar-refractivity contribution is 6.36. The van der Waals surface area contributed by atoms with Gasteiger partial charge in [0.25, 0.3) is 0 Å². The Morgan fingerprint density at radius 2 is 2.02 bits per heavy atom. The van der Waals surface area contributed by atoms with E-state index in [0.29, 0.717) is 66.2 Å². The first-order valence-corrected chi connectivity index (χ1v) is 14.7. The predicted molar refractivity (Wildman–Crippen MR) is 158 cm³/mol. The zero-order valence-electron chi connectivity index (χ0n) is 23.0. The van der Waals surface area contributed by atoms with Crippen LogP contribution in [0.25, 0.3) is 32.9 Å². The summed E-state index contributed by atoms with van der Waals surface area (Å²) in [5, 5.41) is 15.2. The van der Waals surface area contributed by atoms with Crippen molar-refractivity contribution < 1.29 is 13.5 Å². The first kappa shape index (κ1) is 27.2. The van der Waals surface area contributed by atoms with Gasteiger partial charge in [0.1, 0.15) is 29.8 Å². The third kappa shape index (κ3) is 4.70. The first-order valence-electron chi connectivity index (χ1n) is 14.4. The Labute approximate surface area is 247 Å². The van der Waals surface area contributed by atoms with Crippen LogP contribution in [0.3, 0.4) is 0 Å². The van der Waals surface area contributed by atoms with Gasteiger partial charge in [-0.1, -0.05) is 41.9 Å². The van der Waals surface area contributed by atoms with Crippen molar-refractivity contribution in [2.75, 3.05) is 44.2 Å². The maximum Gasteiger partial charge on any atom is 0.319 e. The second-order valence-electron chi connectivity index (χ2n) is 11.5. The number of alkyl halides is 1. The molecule has 0 bridgehead atoms. The fourth-order valence-electron chi connectivity index (χ4n) is 6.92. The van der Waals surface area contributed by atoms with Crippen molar-refractivity contribution >= 4 is 39.1 Å². The van der Waals surface area contributed by atoms with E-state index in [0.717, 1.165) is 24.8 Å². The predicted octanol–water partition coefficient (Wildman–Crippen LogP) is 5.28. The van der Waals surface area contributed by atoms with E-state index in [4.69, 9.17) is 21.3 Å². The van der Waals surface area contributed by atoms with Crippen LogP contribution in [0.4, 0.5) is 14.6 Å². The highest BCUT2D eigenvalue weighted by Crippen LogP contribution is 2.41. The molecule has 3 fully saturated rings. The number of pyridine rings is 1. The van der Waals surface area contributed by atoms with Gasteiger partial charge in [-0.15, -0.1) is 0 Å². The number of rotatable bonds is 6. The van der Waals surface area contributed by atoms with Gasteiger partial charge in [0.05, 0.1) is 23.4 Å². The average Bonchev–Trinajstić information content (AvgIpc) is 3.52. The minimum atomic E-state index is -0.890. The number of hydrogen-bond donors (Lipinski definition) is 1. The SMILES string of the molecule is N#CC[C@H]1CN(c2nc(OC[C@@]34CCCN3C[C@H](F)C4)nc3c(F)c(-c4cccc5cccc(Cl)c45)ncc23)CCN1. The van der Waals surface area contributed by atoms with Crippen molar-refractivity contribution in [3.05, 3.63) is 53.4 Å². The van der Waals surface area contributed by atoms with Gasteiger partial charge in [-0.3, -0.25) is 9.88 Å². The van der Waals surface area contributed by atoms with Crippen LogP contribution >= 0.6 is 11.6 Å². The summed E-state index contributed by atoms with van der Waals surface area (Å²) in [5.74, 6) is -0.0913. The lowest BCUT2D eigenvalue weighted by atomic mass is 9.95.